The molecule has 2 saturated carbocycles. The largest absolute Gasteiger partial charge is 0.360 e. The summed E-state index contributed by atoms with van der Waals surface area (Å²) in [5.74, 6) is 1.71. The number of hydrogen-bond acceptors (Lipinski definition) is 1. The maximum absolute atomic E-state index is 5.46. The minimum atomic E-state index is 0.597. The van der Waals surface area contributed by atoms with Crippen molar-refractivity contribution in [3.63, 3.8) is 0 Å². The summed E-state index contributed by atoms with van der Waals surface area (Å²) in [5.41, 5.74) is 0. The molecule has 3 heteroatoms. The molecule has 3 atom stereocenters. The van der Waals surface area contributed by atoms with Gasteiger partial charge in [0.2, 0.25) is 0 Å². The first kappa shape index (κ1) is 14.1. The second-order valence-corrected chi connectivity index (χ2v) is 6.83. The molecule has 2 fully saturated rings. The molecule has 2 aliphatic rings. The third-order valence-corrected chi connectivity index (χ3v) is 5.11. The van der Waals surface area contributed by atoms with Gasteiger partial charge in [-0.1, -0.05) is 33.1 Å². The van der Waals surface area contributed by atoms with Crippen molar-refractivity contribution in [3.05, 3.63) is 0 Å². The van der Waals surface area contributed by atoms with E-state index in [0.29, 0.717) is 12.1 Å². The number of thiocarbonyl (C=S) groups is 1. The molecule has 0 aliphatic heterocycles. The summed E-state index contributed by atoms with van der Waals surface area (Å²) in [6.07, 6.45) is 10.6. The molecule has 0 heterocycles. The first-order valence-electron chi connectivity index (χ1n) is 7.72. The molecule has 0 aromatic heterocycles. The second kappa shape index (κ2) is 6.74. The normalized spacial score (nSPS) is 34.0. The Morgan fingerprint density at radius 3 is 2.17 bits per heavy atom. The molecule has 0 saturated heterocycles. The van der Waals surface area contributed by atoms with Gasteiger partial charge in [-0.3, -0.25) is 0 Å². The zero-order valence-corrected chi connectivity index (χ0v) is 12.7. The van der Waals surface area contributed by atoms with E-state index >= 15 is 0 Å². The van der Waals surface area contributed by atoms with Crippen LogP contribution in [-0.4, -0.2) is 17.2 Å². The van der Waals surface area contributed by atoms with E-state index in [-0.39, 0.29) is 0 Å². The standard InChI is InChI=1S/C15H28N2S/c1-11-8-9-14(10-12(11)2)17-15(18)16-13-6-4-3-5-7-13/h11-14H,3-10H2,1-2H3,(H2,16,17,18). The number of rotatable bonds is 2. The Morgan fingerprint density at radius 1 is 0.833 bits per heavy atom. The van der Waals surface area contributed by atoms with E-state index in [1.807, 2.05) is 0 Å². The molecule has 0 spiro atoms. The summed E-state index contributed by atoms with van der Waals surface area (Å²) < 4.78 is 0. The second-order valence-electron chi connectivity index (χ2n) is 6.42. The summed E-state index contributed by atoms with van der Waals surface area (Å²) in [6.45, 7) is 4.75. The van der Waals surface area contributed by atoms with Gasteiger partial charge in [-0.25, -0.2) is 0 Å². The van der Waals surface area contributed by atoms with Gasteiger partial charge in [-0.05, 0) is 56.2 Å². The highest BCUT2D eigenvalue weighted by Gasteiger charge is 2.25. The van der Waals surface area contributed by atoms with Gasteiger partial charge in [0.15, 0.2) is 5.11 Å². The first-order chi connectivity index (χ1) is 8.65. The lowest BCUT2D eigenvalue weighted by atomic mass is 9.79. The Balaban J connectivity index is 1.70. The maximum Gasteiger partial charge on any atom is 0.166 e. The molecule has 0 radical (unpaired) electrons. The number of hydrogen-bond donors (Lipinski definition) is 2. The van der Waals surface area contributed by atoms with E-state index in [4.69, 9.17) is 12.2 Å². The van der Waals surface area contributed by atoms with Crippen LogP contribution in [0.15, 0.2) is 0 Å². The van der Waals surface area contributed by atoms with Crippen molar-refractivity contribution >= 4 is 17.3 Å². The summed E-state index contributed by atoms with van der Waals surface area (Å²) in [6, 6.07) is 1.22. The Bertz CT molecular complexity index is 274. The molecule has 0 bridgehead atoms. The lowest BCUT2D eigenvalue weighted by Crippen LogP contribution is -2.48. The van der Waals surface area contributed by atoms with E-state index in [1.165, 1.54) is 51.4 Å². The molecule has 2 aliphatic carbocycles. The summed E-state index contributed by atoms with van der Waals surface area (Å²) >= 11 is 5.46. The molecule has 18 heavy (non-hydrogen) atoms. The lowest BCUT2D eigenvalue weighted by molar-refractivity contribution is 0.239. The van der Waals surface area contributed by atoms with Crippen LogP contribution in [-0.2, 0) is 0 Å². The molecule has 2 N–H and O–H groups in total. The zero-order valence-electron chi connectivity index (χ0n) is 11.9. The van der Waals surface area contributed by atoms with Crippen molar-refractivity contribution in [2.45, 2.75) is 77.3 Å². The fraction of sp³-hybridized carbons (Fsp3) is 0.933. The van der Waals surface area contributed by atoms with Gasteiger partial charge in [0.05, 0.1) is 0 Å². The highest BCUT2D eigenvalue weighted by atomic mass is 32.1. The van der Waals surface area contributed by atoms with Crippen molar-refractivity contribution < 1.29 is 0 Å². The monoisotopic (exact) mass is 268 g/mol. The van der Waals surface area contributed by atoms with Crippen LogP contribution >= 0.6 is 12.2 Å². The quantitative estimate of drug-likeness (QED) is 0.748. The fourth-order valence-corrected chi connectivity index (χ4v) is 3.67. The zero-order chi connectivity index (χ0) is 13.0. The van der Waals surface area contributed by atoms with Crippen molar-refractivity contribution in [1.82, 2.24) is 10.6 Å². The fourth-order valence-electron chi connectivity index (χ4n) is 3.34. The van der Waals surface area contributed by atoms with Crippen LogP contribution in [0.3, 0.4) is 0 Å². The Morgan fingerprint density at radius 2 is 1.50 bits per heavy atom. The van der Waals surface area contributed by atoms with E-state index in [9.17, 15) is 0 Å². The van der Waals surface area contributed by atoms with Crippen LogP contribution in [0.1, 0.15) is 65.2 Å². The Hall–Kier alpha value is -0.310. The van der Waals surface area contributed by atoms with Crippen LogP contribution in [0.25, 0.3) is 0 Å². The van der Waals surface area contributed by atoms with E-state index in [0.717, 1.165) is 16.9 Å². The van der Waals surface area contributed by atoms with E-state index in [1.54, 1.807) is 0 Å². The highest BCUT2D eigenvalue weighted by Crippen LogP contribution is 2.29. The molecule has 0 amide bonds. The molecule has 104 valence electrons. The molecule has 0 aromatic rings. The smallest absolute Gasteiger partial charge is 0.166 e. The highest BCUT2D eigenvalue weighted by molar-refractivity contribution is 7.80. The molecule has 0 aromatic carbocycles. The summed E-state index contributed by atoms with van der Waals surface area (Å²) in [4.78, 5) is 0. The van der Waals surface area contributed by atoms with Gasteiger partial charge in [-0.2, -0.15) is 0 Å². The minimum absolute atomic E-state index is 0.597. The van der Waals surface area contributed by atoms with Crippen LogP contribution in [0, 0.1) is 11.8 Å². The molecular formula is C15H28N2S. The average Bonchev–Trinajstić information content (AvgIpc) is 2.35. The third kappa shape index (κ3) is 4.11. The Labute approximate surface area is 117 Å². The molecular weight excluding hydrogens is 240 g/mol. The molecule has 2 nitrogen and oxygen atoms in total. The average molecular weight is 268 g/mol. The SMILES string of the molecule is CC1CCC(NC(=S)NC2CCCCC2)CC1C. The maximum atomic E-state index is 5.46. The van der Waals surface area contributed by atoms with Gasteiger partial charge in [0.1, 0.15) is 0 Å². The van der Waals surface area contributed by atoms with Gasteiger partial charge in [0.25, 0.3) is 0 Å². The van der Waals surface area contributed by atoms with Crippen molar-refractivity contribution in [2.24, 2.45) is 11.8 Å². The minimum Gasteiger partial charge on any atom is -0.360 e. The van der Waals surface area contributed by atoms with Crippen molar-refractivity contribution in [1.29, 1.82) is 0 Å². The predicted octanol–water partition coefficient (Wildman–Crippen LogP) is 3.61. The third-order valence-electron chi connectivity index (χ3n) is 4.87. The number of nitrogens with one attached hydrogen (secondary N) is 2. The molecule has 3 unspecified atom stereocenters. The van der Waals surface area contributed by atoms with Gasteiger partial charge in [-0.15, -0.1) is 0 Å². The van der Waals surface area contributed by atoms with Crippen LogP contribution in [0.2, 0.25) is 0 Å². The first-order valence-corrected chi connectivity index (χ1v) is 8.13. The lowest BCUT2D eigenvalue weighted by Gasteiger charge is -2.34. The van der Waals surface area contributed by atoms with Crippen molar-refractivity contribution in [3.8, 4) is 0 Å². The van der Waals surface area contributed by atoms with Crippen LogP contribution in [0.4, 0.5) is 0 Å². The Kier molecular flexibility index (Phi) is 5.28. The summed E-state index contributed by atoms with van der Waals surface area (Å²) in [5, 5.41) is 7.95. The van der Waals surface area contributed by atoms with E-state index < -0.39 is 0 Å². The van der Waals surface area contributed by atoms with E-state index in [2.05, 4.69) is 24.5 Å². The molecule has 2 rings (SSSR count). The van der Waals surface area contributed by atoms with Crippen LogP contribution in [0.5, 0.6) is 0 Å². The predicted molar refractivity (Wildman–Crippen MR) is 81.7 cm³/mol. The van der Waals surface area contributed by atoms with Gasteiger partial charge >= 0.3 is 0 Å². The van der Waals surface area contributed by atoms with Gasteiger partial charge in [0, 0.05) is 12.1 Å². The van der Waals surface area contributed by atoms with Gasteiger partial charge < -0.3 is 10.6 Å². The summed E-state index contributed by atoms with van der Waals surface area (Å²) in [7, 11) is 0. The topological polar surface area (TPSA) is 24.1 Å². The van der Waals surface area contributed by atoms with Crippen molar-refractivity contribution in [2.75, 3.05) is 0 Å². The van der Waals surface area contributed by atoms with Crippen LogP contribution < -0.4 is 10.6 Å².